The number of benzene rings is 1. The van der Waals surface area contributed by atoms with Crippen LogP contribution in [-0.4, -0.2) is 24.5 Å². The van der Waals surface area contributed by atoms with Crippen LogP contribution in [0, 0.1) is 0 Å². The minimum absolute atomic E-state index is 0.111. The average molecular weight is 225 g/mol. The van der Waals surface area contributed by atoms with Crippen LogP contribution in [0.3, 0.4) is 0 Å². The zero-order chi connectivity index (χ0) is 10.7. The second-order valence-corrected chi connectivity index (χ2v) is 4.60. The number of rotatable bonds is 3. The van der Waals surface area contributed by atoms with Crippen molar-refractivity contribution in [3.05, 3.63) is 34.9 Å². The van der Waals surface area contributed by atoms with Crippen molar-refractivity contribution >= 4 is 11.6 Å². The van der Waals surface area contributed by atoms with Gasteiger partial charge in [-0.15, -0.1) is 0 Å². The summed E-state index contributed by atoms with van der Waals surface area (Å²) in [6.07, 6.45) is 2.63. The molecule has 82 valence electrons. The molecule has 1 unspecified atom stereocenters. The molecule has 0 aliphatic carbocycles. The summed E-state index contributed by atoms with van der Waals surface area (Å²) in [4.78, 5) is 2.43. The van der Waals surface area contributed by atoms with E-state index in [1.807, 2.05) is 24.3 Å². The molecule has 3 heteroatoms. The molecule has 1 saturated heterocycles. The molecule has 0 bridgehead atoms. The van der Waals surface area contributed by atoms with Crippen molar-refractivity contribution in [2.45, 2.75) is 18.9 Å². The summed E-state index contributed by atoms with van der Waals surface area (Å²) in [5, 5.41) is 0.770. The highest BCUT2D eigenvalue weighted by Crippen LogP contribution is 2.17. The number of hydrogen-bond donors (Lipinski definition) is 1. The van der Waals surface area contributed by atoms with E-state index in [2.05, 4.69) is 4.90 Å². The first-order valence-corrected chi connectivity index (χ1v) is 5.87. The Labute approximate surface area is 96.0 Å². The second-order valence-electron chi connectivity index (χ2n) is 4.17. The van der Waals surface area contributed by atoms with Gasteiger partial charge in [0.1, 0.15) is 0 Å². The maximum atomic E-state index is 6.14. The van der Waals surface area contributed by atoms with Gasteiger partial charge in [0.05, 0.1) is 0 Å². The van der Waals surface area contributed by atoms with E-state index in [-0.39, 0.29) is 6.04 Å². The molecule has 1 aliphatic heterocycles. The van der Waals surface area contributed by atoms with Crippen molar-refractivity contribution in [3.8, 4) is 0 Å². The van der Waals surface area contributed by atoms with Crippen LogP contribution in [0.1, 0.15) is 24.4 Å². The van der Waals surface area contributed by atoms with Crippen LogP contribution < -0.4 is 5.73 Å². The number of hydrogen-bond acceptors (Lipinski definition) is 2. The molecular weight excluding hydrogens is 208 g/mol. The Morgan fingerprint density at radius 3 is 2.40 bits per heavy atom. The number of likely N-dealkylation sites (tertiary alicyclic amines) is 1. The van der Waals surface area contributed by atoms with Gasteiger partial charge in [0.2, 0.25) is 0 Å². The molecular formula is C12H17ClN2. The quantitative estimate of drug-likeness (QED) is 0.855. The Kier molecular flexibility index (Phi) is 3.62. The third kappa shape index (κ3) is 2.94. The highest BCUT2D eigenvalue weighted by Gasteiger charge is 2.15. The van der Waals surface area contributed by atoms with Gasteiger partial charge in [-0.25, -0.2) is 0 Å². The Balaban J connectivity index is 1.94. The molecule has 1 aliphatic rings. The van der Waals surface area contributed by atoms with E-state index in [9.17, 15) is 0 Å². The molecule has 1 aromatic carbocycles. The Hall–Kier alpha value is -0.570. The van der Waals surface area contributed by atoms with Crippen LogP contribution in [0.2, 0.25) is 5.02 Å². The lowest BCUT2D eigenvalue weighted by molar-refractivity contribution is 0.316. The molecule has 1 fully saturated rings. The van der Waals surface area contributed by atoms with Gasteiger partial charge in [0, 0.05) is 17.6 Å². The molecule has 15 heavy (non-hydrogen) atoms. The largest absolute Gasteiger partial charge is 0.323 e. The highest BCUT2D eigenvalue weighted by atomic mass is 35.5. The predicted molar refractivity (Wildman–Crippen MR) is 64.1 cm³/mol. The molecule has 0 amide bonds. The first-order chi connectivity index (χ1) is 7.25. The Bertz CT molecular complexity index is 304. The number of nitrogens with zero attached hydrogens (tertiary/aromatic N) is 1. The first-order valence-electron chi connectivity index (χ1n) is 5.49. The van der Waals surface area contributed by atoms with Crippen LogP contribution in [0.15, 0.2) is 24.3 Å². The van der Waals surface area contributed by atoms with Gasteiger partial charge in [0.25, 0.3) is 0 Å². The molecule has 1 aromatic rings. The van der Waals surface area contributed by atoms with Crippen molar-refractivity contribution < 1.29 is 0 Å². The van der Waals surface area contributed by atoms with Crippen molar-refractivity contribution in [1.29, 1.82) is 0 Å². The maximum absolute atomic E-state index is 6.14. The van der Waals surface area contributed by atoms with E-state index in [1.54, 1.807) is 0 Å². The standard InChI is InChI=1S/C12H17ClN2/c13-11-5-3-10(4-6-11)12(14)9-15-7-1-2-8-15/h3-6,12H,1-2,7-9,14H2. The van der Waals surface area contributed by atoms with Gasteiger partial charge in [-0.3, -0.25) is 0 Å². The van der Waals surface area contributed by atoms with Crippen LogP contribution >= 0.6 is 11.6 Å². The summed E-state index contributed by atoms with van der Waals surface area (Å²) in [5.74, 6) is 0. The van der Waals surface area contributed by atoms with Crippen molar-refractivity contribution in [2.75, 3.05) is 19.6 Å². The lowest BCUT2D eigenvalue weighted by Gasteiger charge is -2.20. The maximum Gasteiger partial charge on any atom is 0.0424 e. The van der Waals surface area contributed by atoms with Gasteiger partial charge < -0.3 is 10.6 Å². The summed E-state index contributed by atoms with van der Waals surface area (Å²) in [6.45, 7) is 3.35. The lowest BCUT2D eigenvalue weighted by atomic mass is 10.1. The third-order valence-corrected chi connectivity index (χ3v) is 3.20. The van der Waals surface area contributed by atoms with E-state index in [0.29, 0.717) is 0 Å². The molecule has 2 nitrogen and oxygen atoms in total. The van der Waals surface area contributed by atoms with Gasteiger partial charge in [-0.05, 0) is 43.6 Å². The minimum Gasteiger partial charge on any atom is -0.323 e. The highest BCUT2D eigenvalue weighted by molar-refractivity contribution is 6.30. The lowest BCUT2D eigenvalue weighted by Crippen LogP contribution is -2.29. The minimum atomic E-state index is 0.111. The van der Waals surface area contributed by atoms with Gasteiger partial charge in [-0.1, -0.05) is 23.7 Å². The molecule has 0 aromatic heterocycles. The van der Waals surface area contributed by atoms with E-state index in [4.69, 9.17) is 17.3 Å². The SMILES string of the molecule is NC(CN1CCCC1)c1ccc(Cl)cc1. The summed E-state index contributed by atoms with van der Waals surface area (Å²) < 4.78 is 0. The average Bonchev–Trinajstić information content (AvgIpc) is 2.71. The number of halogens is 1. The fourth-order valence-electron chi connectivity index (χ4n) is 2.06. The fourth-order valence-corrected chi connectivity index (χ4v) is 2.18. The Morgan fingerprint density at radius 1 is 1.20 bits per heavy atom. The van der Waals surface area contributed by atoms with E-state index >= 15 is 0 Å². The Morgan fingerprint density at radius 2 is 1.80 bits per heavy atom. The van der Waals surface area contributed by atoms with E-state index in [1.165, 1.54) is 31.5 Å². The van der Waals surface area contributed by atoms with Crippen molar-refractivity contribution in [1.82, 2.24) is 4.90 Å². The monoisotopic (exact) mass is 224 g/mol. The first kappa shape index (κ1) is 10.9. The second kappa shape index (κ2) is 4.97. The van der Waals surface area contributed by atoms with Crippen LogP contribution in [0.25, 0.3) is 0 Å². The molecule has 1 atom stereocenters. The van der Waals surface area contributed by atoms with Crippen LogP contribution in [-0.2, 0) is 0 Å². The molecule has 0 radical (unpaired) electrons. The van der Waals surface area contributed by atoms with E-state index < -0.39 is 0 Å². The number of nitrogens with two attached hydrogens (primary N) is 1. The van der Waals surface area contributed by atoms with Crippen LogP contribution in [0.4, 0.5) is 0 Å². The summed E-state index contributed by atoms with van der Waals surface area (Å²) in [5.41, 5.74) is 7.31. The van der Waals surface area contributed by atoms with Gasteiger partial charge in [0.15, 0.2) is 0 Å². The van der Waals surface area contributed by atoms with Gasteiger partial charge >= 0.3 is 0 Å². The zero-order valence-corrected chi connectivity index (χ0v) is 9.58. The fraction of sp³-hybridized carbons (Fsp3) is 0.500. The normalized spacial score (nSPS) is 19.3. The predicted octanol–water partition coefficient (Wildman–Crippen LogP) is 2.44. The molecule has 2 rings (SSSR count). The molecule has 0 saturated carbocycles. The summed E-state index contributed by atoms with van der Waals surface area (Å²) >= 11 is 5.84. The van der Waals surface area contributed by atoms with Crippen molar-refractivity contribution in [3.63, 3.8) is 0 Å². The third-order valence-electron chi connectivity index (χ3n) is 2.95. The molecule has 2 N–H and O–H groups in total. The smallest absolute Gasteiger partial charge is 0.0424 e. The summed E-state index contributed by atoms with van der Waals surface area (Å²) in [7, 11) is 0. The summed E-state index contributed by atoms with van der Waals surface area (Å²) in [6, 6.07) is 7.95. The van der Waals surface area contributed by atoms with Gasteiger partial charge in [-0.2, -0.15) is 0 Å². The zero-order valence-electron chi connectivity index (χ0n) is 8.82. The molecule has 1 heterocycles. The van der Waals surface area contributed by atoms with E-state index in [0.717, 1.165) is 11.6 Å². The van der Waals surface area contributed by atoms with Crippen molar-refractivity contribution in [2.24, 2.45) is 5.73 Å². The van der Waals surface area contributed by atoms with Crippen LogP contribution in [0.5, 0.6) is 0 Å². The molecule has 0 spiro atoms. The topological polar surface area (TPSA) is 29.3 Å².